The molecule has 2 N–H and O–H groups in total. The summed E-state index contributed by atoms with van der Waals surface area (Å²) in [5.74, 6) is 0.610. The molecule has 0 saturated heterocycles. The number of fused-ring (bicyclic) bond motifs is 1. The van der Waals surface area contributed by atoms with Crippen LogP contribution in [0.15, 0.2) is 18.2 Å². The van der Waals surface area contributed by atoms with Crippen molar-refractivity contribution in [3.8, 4) is 0 Å². The average Bonchev–Trinajstić information content (AvgIpc) is 2.50. The zero-order valence-corrected chi connectivity index (χ0v) is 13.7. The molecule has 1 saturated carbocycles. The lowest BCUT2D eigenvalue weighted by molar-refractivity contribution is 0.228. The van der Waals surface area contributed by atoms with Crippen molar-refractivity contribution in [2.75, 3.05) is 6.54 Å². The predicted octanol–water partition coefficient (Wildman–Crippen LogP) is 3.91. The van der Waals surface area contributed by atoms with Gasteiger partial charge in [0.05, 0.1) is 0 Å². The van der Waals surface area contributed by atoms with E-state index < -0.39 is 0 Å². The van der Waals surface area contributed by atoms with Gasteiger partial charge in [0, 0.05) is 12.6 Å². The maximum Gasteiger partial charge on any atom is 0.315 e. The van der Waals surface area contributed by atoms with Crippen LogP contribution in [-0.2, 0) is 12.8 Å². The summed E-state index contributed by atoms with van der Waals surface area (Å²) in [5.41, 5.74) is 4.49. The number of urea groups is 1. The van der Waals surface area contributed by atoms with E-state index in [1.165, 1.54) is 42.4 Å². The van der Waals surface area contributed by atoms with Crippen LogP contribution in [0.25, 0.3) is 0 Å². The standard InChI is InChI=1S/C19H28N2O/c1-2-14-9-10-15-5-3-6-16(18(15)13-14)11-12-20-19(22)21-17-7-4-8-17/h9-10,13,16-17H,2-8,11-12H2,1H3,(H2,20,21,22). The fourth-order valence-electron chi connectivity index (χ4n) is 3.62. The van der Waals surface area contributed by atoms with Crippen LogP contribution >= 0.6 is 0 Å². The Kier molecular flexibility index (Phi) is 5.01. The molecule has 3 nitrogen and oxygen atoms in total. The van der Waals surface area contributed by atoms with E-state index in [0.717, 1.165) is 32.2 Å². The Morgan fingerprint density at radius 3 is 2.82 bits per heavy atom. The fraction of sp³-hybridized carbons (Fsp3) is 0.632. The molecule has 0 heterocycles. The normalized spacial score (nSPS) is 20.9. The highest BCUT2D eigenvalue weighted by molar-refractivity contribution is 5.74. The number of hydrogen-bond donors (Lipinski definition) is 2. The smallest absolute Gasteiger partial charge is 0.315 e. The third kappa shape index (κ3) is 3.63. The molecule has 1 atom stereocenters. The Labute approximate surface area is 133 Å². The van der Waals surface area contributed by atoms with Crippen molar-refractivity contribution in [3.63, 3.8) is 0 Å². The van der Waals surface area contributed by atoms with E-state index in [2.05, 4.69) is 35.8 Å². The van der Waals surface area contributed by atoms with E-state index in [-0.39, 0.29) is 6.03 Å². The van der Waals surface area contributed by atoms with Crippen molar-refractivity contribution in [1.29, 1.82) is 0 Å². The molecule has 1 aromatic rings. The van der Waals surface area contributed by atoms with Crippen LogP contribution < -0.4 is 10.6 Å². The Hall–Kier alpha value is -1.51. The quantitative estimate of drug-likeness (QED) is 0.850. The van der Waals surface area contributed by atoms with Gasteiger partial charge in [0.2, 0.25) is 0 Å². The first-order valence-electron chi connectivity index (χ1n) is 8.92. The molecule has 1 aromatic carbocycles. The summed E-state index contributed by atoms with van der Waals surface area (Å²) in [4.78, 5) is 11.8. The number of carbonyl (C=O) groups is 1. The van der Waals surface area contributed by atoms with Gasteiger partial charge in [-0.1, -0.05) is 25.1 Å². The van der Waals surface area contributed by atoms with Crippen molar-refractivity contribution in [1.82, 2.24) is 10.6 Å². The molecule has 22 heavy (non-hydrogen) atoms. The van der Waals surface area contributed by atoms with Gasteiger partial charge in [0.1, 0.15) is 0 Å². The largest absolute Gasteiger partial charge is 0.338 e. The van der Waals surface area contributed by atoms with Gasteiger partial charge in [-0.25, -0.2) is 4.79 Å². The molecule has 2 aliphatic carbocycles. The SMILES string of the molecule is CCc1ccc2c(c1)C(CCNC(=O)NC1CCC1)CCC2. The van der Waals surface area contributed by atoms with Gasteiger partial charge in [-0.15, -0.1) is 0 Å². The van der Waals surface area contributed by atoms with E-state index in [9.17, 15) is 4.79 Å². The minimum atomic E-state index is 0.0167. The van der Waals surface area contributed by atoms with E-state index in [4.69, 9.17) is 0 Å². The van der Waals surface area contributed by atoms with Crippen LogP contribution in [0.1, 0.15) is 68.1 Å². The van der Waals surface area contributed by atoms with Crippen LogP contribution in [-0.4, -0.2) is 18.6 Å². The first kappa shape index (κ1) is 15.4. The molecule has 0 aliphatic heterocycles. The Balaban J connectivity index is 1.51. The maximum absolute atomic E-state index is 11.8. The van der Waals surface area contributed by atoms with E-state index >= 15 is 0 Å². The molecule has 3 rings (SSSR count). The second-order valence-electron chi connectivity index (χ2n) is 6.79. The van der Waals surface area contributed by atoms with Gasteiger partial charge in [0.15, 0.2) is 0 Å². The predicted molar refractivity (Wildman–Crippen MR) is 90.3 cm³/mol. The number of amides is 2. The lowest BCUT2D eigenvalue weighted by Gasteiger charge is -2.28. The molecule has 2 amide bonds. The highest BCUT2D eigenvalue weighted by Crippen LogP contribution is 2.34. The Bertz CT molecular complexity index is 522. The summed E-state index contributed by atoms with van der Waals surface area (Å²) in [5, 5.41) is 6.08. The second-order valence-corrected chi connectivity index (χ2v) is 6.79. The summed E-state index contributed by atoms with van der Waals surface area (Å²) in [6.45, 7) is 2.99. The number of aryl methyl sites for hydroxylation is 2. The van der Waals surface area contributed by atoms with Gasteiger partial charge < -0.3 is 10.6 Å². The van der Waals surface area contributed by atoms with E-state index in [0.29, 0.717) is 12.0 Å². The minimum absolute atomic E-state index is 0.0167. The van der Waals surface area contributed by atoms with Gasteiger partial charge in [-0.05, 0) is 74.0 Å². The highest BCUT2D eigenvalue weighted by atomic mass is 16.2. The Morgan fingerprint density at radius 2 is 2.09 bits per heavy atom. The first-order chi connectivity index (χ1) is 10.8. The molecular weight excluding hydrogens is 272 g/mol. The van der Waals surface area contributed by atoms with Crippen LogP contribution in [0.3, 0.4) is 0 Å². The number of rotatable bonds is 5. The number of hydrogen-bond acceptors (Lipinski definition) is 1. The minimum Gasteiger partial charge on any atom is -0.338 e. The number of benzene rings is 1. The number of carbonyl (C=O) groups excluding carboxylic acids is 1. The summed E-state index contributed by atoms with van der Waals surface area (Å²) >= 11 is 0. The molecule has 2 aliphatic rings. The zero-order chi connectivity index (χ0) is 15.4. The lowest BCUT2D eigenvalue weighted by atomic mass is 9.80. The topological polar surface area (TPSA) is 41.1 Å². The van der Waals surface area contributed by atoms with Crippen LogP contribution in [0.4, 0.5) is 4.79 Å². The number of nitrogens with one attached hydrogen (secondary N) is 2. The van der Waals surface area contributed by atoms with Gasteiger partial charge in [0.25, 0.3) is 0 Å². The van der Waals surface area contributed by atoms with E-state index in [1.807, 2.05) is 0 Å². The average molecular weight is 300 g/mol. The molecule has 120 valence electrons. The van der Waals surface area contributed by atoms with Crippen LogP contribution in [0, 0.1) is 0 Å². The third-order valence-electron chi connectivity index (χ3n) is 5.28. The molecule has 0 radical (unpaired) electrons. The zero-order valence-electron chi connectivity index (χ0n) is 13.7. The second kappa shape index (κ2) is 7.17. The monoisotopic (exact) mass is 300 g/mol. The van der Waals surface area contributed by atoms with Gasteiger partial charge in [-0.3, -0.25) is 0 Å². The van der Waals surface area contributed by atoms with Gasteiger partial charge in [-0.2, -0.15) is 0 Å². The van der Waals surface area contributed by atoms with Crippen molar-refractivity contribution < 1.29 is 4.79 Å². The van der Waals surface area contributed by atoms with Crippen molar-refractivity contribution in [3.05, 3.63) is 34.9 Å². The molecule has 1 fully saturated rings. The van der Waals surface area contributed by atoms with E-state index in [1.54, 1.807) is 0 Å². The van der Waals surface area contributed by atoms with Crippen molar-refractivity contribution in [2.24, 2.45) is 0 Å². The third-order valence-corrected chi connectivity index (χ3v) is 5.28. The molecule has 1 unspecified atom stereocenters. The highest BCUT2D eigenvalue weighted by Gasteiger charge is 2.21. The molecular formula is C19H28N2O. The molecule has 3 heteroatoms. The fourth-order valence-corrected chi connectivity index (χ4v) is 3.62. The maximum atomic E-state index is 11.8. The lowest BCUT2D eigenvalue weighted by Crippen LogP contribution is -2.45. The summed E-state index contributed by atoms with van der Waals surface area (Å²) in [7, 11) is 0. The first-order valence-corrected chi connectivity index (χ1v) is 8.92. The summed E-state index contributed by atoms with van der Waals surface area (Å²) in [6.07, 6.45) is 9.44. The molecule has 0 spiro atoms. The van der Waals surface area contributed by atoms with Crippen LogP contribution in [0.2, 0.25) is 0 Å². The van der Waals surface area contributed by atoms with Crippen molar-refractivity contribution in [2.45, 2.75) is 70.3 Å². The summed E-state index contributed by atoms with van der Waals surface area (Å²) < 4.78 is 0. The van der Waals surface area contributed by atoms with Crippen molar-refractivity contribution >= 4 is 6.03 Å². The molecule has 0 bridgehead atoms. The summed E-state index contributed by atoms with van der Waals surface area (Å²) in [6, 6.07) is 7.42. The van der Waals surface area contributed by atoms with Gasteiger partial charge >= 0.3 is 6.03 Å². The Morgan fingerprint density at radius 1 is 1.23 bits per heavy atom. The van der Waals surface area contributed by atoms with Crippen LogP contribution in [0.5, 0.6) is 0 Å². The molecule has 0 aromatic heterocycles.